The Labute approximate surface area is 85.0 Å². The first-order valence-corrected chi connectivity index (χ1v) is 6.04. The van der Waals surface area contributed by atoms with Gasteiger partial charge in [0.15, 0.2) is 0 Å². The predicted octanol–water partition coefficient (Wildman–Crippen LogP) is 1.51. The fourth-order valence-electron chi connectivity index (χ4n) is 1.69. The quantitative estimate of drug-likeness (QED) is 0.809. The van der Waals surface area contributed by atoms with Crippen molar-refractivity contribution in [3.63, 3.8) is 0 Å². The van der Waals surface area contributed by atoms with E-state index in [2.05, 4.69) is 0 Å². The molecular weight excluding hydrogens is 198 g/mol. The second kappa shape index (κ2) is 3.71. The lowest BCUT2D eigenvalue weighted by Crippen LogP contribution is -2.16. The Hall–Kier alpha value is -0.870. The molecule has 0 aliphatic rings. The van der Waals surface area contributed by atoms with Crippen molar-refractivity contribution in [1.29, 1.82) is 0 Å². The zero-order valence-electron chi connectivity index (χ0n) is 8.66. The molecule has 0 aliphatic heterocycles. The van der Waals surface area contributed by atoms with E-state index in [1.54, 1.807) is 19.9 Å². The Kier molecular flexibility index (Phi) is 2.97. The molecule has 1 rings (SSSR count). The van der Waals surface area contributed by atoms with E-state index in [4.69, 9.17) is 5.14 Å². The van der Waals surface area contributed by atoms with E-state index in [1.165, 1.54) is 0 Å². The van der Waals surface area contributed by atoms with Crippen molar-refractivity contribution >= 4 is 10.0 Å². The van der Waals surface area contributed by atoms with Gasteiger partial charge < -0.3 is 0 Å². The second-order valence-corrected chi connectivity index (χ2v) is 4.89. The summed E-state index contributed by atoms with van der Waals surface area (Å²) in [6.07, 6.45) is 0.814. The van der Waals surface area contributed by atoms with Crippen molar-refractivity contribution in [2.45, 2.75) is 32.1 Å². The minimum Gasteiger partial charge on any atom is -0.225 e. The highest BCUT2D eigenvalue weighted by Crippen LogP contribution is 2.22. The van der Waals surface area contributed by atoms with Crippen LogP contribution in [0.2, 0.25) is 0 Å². The van der Waals surface area contributed by atoms with Gasteiger partial charge in [0, 0.05) is 0 Å². The summed E-state index contributed by atoms with van der Waals surface area (Å²) in [6, 6.07) is 3.74. The molecule has 14 heavy (non-hydrogen) atoms. The van der Waals surface area contributed by atoms with Crippen molar-refractivity contribution in [3.05, 3.63) is 28.8 Å². The van der Waals surface area contributed by atoms with E-state index in [0.717, 1.165) is 17.5 Å². The highest BCUT2D eigenvalue weighted by atomic mass is 32.2. The van der Waals surface area contributed by atoms with Gasteiger partial charge in [0.2, 0.25) is 10.0 Å². The van der Waals surface area contributed by atoms with Crippen LogP contribution in [0.25, 0.3) is 0 Å². The fourth-order valence-corrected chi connectivity index (χ4v) is 2.76. The SMILES string of the molecule is CCc1ccc(C)c(S(N)(=O)=O)c1C. The first kappa shape index (κ1) is 11.2. The van der Waals surface area contributed by atoms with Gasteiger partial charge in [-0.25, -0.2) is 13.6 Å². The van der Waals surface area contributed by atoms with Crippen LogP contribution in [0.5, 0.6) is 0 Å². The Balaban J connectivity index is 3.57. The molecule has 3 nitrogen and oxygen atoms in total. The van der Waals surface area contributed by atoms with Crippen molar-refractivity contribution in [3.8, 4) is 0 Å². The molecule has 4 heteroatoms. The van der Waals surface area contributed by atoms with Crippen LogP contribution in [0.3, 0.4) is 0 Å². The molecule has 0 saturated heterocycles. The third-order valence-corrected chi connectivity index (χ3v) is 3.58. The summed E-state index contributed by atoms with van der Waals surface area (Å²) < 4.78 is 22.6. The number of sulfonamides is 1. The number of nitrogens with two attached hydrogens (primary N) is 1. The molecule has 0 saturated carbocycles. The summed E-state index contributed by atoms with van der Waals surface area (Å²) >= 11 is 0. The minimum atomic E-state index is -3.60. The van der Waals surface area contributed by atoms with Gasteiger partial charge in [-0.2, -0.15) is 0 Å². The van der Waals surface area contributed by atoms with Crippen molar-refractivity contribution in [1.82, 2.24) is 0 Å². The Morgan fingerprint density at radius 2 is 1.86 bits per heavy atom. The maximum atomic E-state index is 11.3. The number of rotatable bonds is 2. The normalized spacial score (nSPS) is 11.7. The second-order valence-electron chi connectivity index (χ2n) is 3.39. The van der Waals surface area contributed by atoms with E-state index < -0.39 is 10.0 Å². The molecule has 0 atom stereocenters. The number of hydrogen-bond donors (Lipinski definition) is 1. The van der Waals surface area contributed by atoms with E-state index in [-0.39, 0.29) is 4.90 Å². The van der Waals surface area contributed by atoms with Crippen LogP contribution in [-0.2, 0) is 16.4 Å². The van der Waals surface area contributed by atoms with Gasteiger partial charge >= 0.3 is 0 Å². The van der Waals surface area contributed by atoms with Crippen molar-refractivity contribution in [2.75, 3.05) is 0 Å². The van der Waals surface area contributed by atoms with Gasteiger partial charge in [0.05, 0.1) is 4.90 Å². The van der Waals surface area contributed by atoms with Crippen LogP contribution >= 0.6 is 0 Å². The molecule has 0 radical (unpaired) electrons. The van der Waals surface area contributed by atoms with Gasteiger partial charge in [-0.05, 0) is 37.0 Å². The molecule has 0 heterocycles. The molecule has 0 aliphatic carbocycles. The summed E-state index contributed by atoms with van der Waals surface area (Å²) in [5, 5.41) is 5.15. The molecule has 2 N–H and O–H groups in total. The number of aryl methyl sites for hydroxylation is 2. The van der Waals surface area contributed by atoms with Crippen LogP contribution < -0.4 is 5.14 Å². The lowest BCUT2D eigenvalue weighted by Gasteiger charge is -2.11. The number of benzene rings is 1. The van der Waals surface area contributed by atoms with Crippen LogP contribution in [0, 0.1) is 13.8 Å². The zero-order chi connectivity index (χ0) is 10.9. The Bertz CT molecular complexity index is 449. The van der Waals surface area contributed by atoms with Gasteiger partial charge in [-0.3, -0.25) is 0 Å². The lowest BCUT2D eigenvalue weighted by atomic mass is 10.0. The molecule has 0 aromatic heterocycles. The monoisotopic (exact) mass is 213 g/mol. The zero-order valence-corrected chi connectivity index (χ0v) is 9.48. The van der Waals surface area contributed by atoms with E-state index in [0.29, 0.717) is 5.56 Å². The summed E-state index contributed by atoms with van der Waals surface area (Å²) in [4.78, 5) is 0.275. The molecule has 0 spiro atoms. The summed E-state index contributed by atoms with van der Waals surface area (Å²) in [6.45, 7) is 5.54. The topological polar surface area (TPSA) is 60.2 Å². The summed E-state index contributed by atoms with van der Waals surface area (Å²) in [5.41, 5.74) is 2.51. The third-order valence-electron chi connectivity index (χ3n) is 2.38. The largest absolute Gasteiger partial charge is 0.238 e. The molecule has 0 bridgehead atoms. The first-order chi connectivity index (χ1) is 6.38. The van der Waals surface area contributed by atoms with Gasteiger partial charge in [-0.1, -0.05) is 19.1 Å². The van der Waals surface area contributed by atoms with Crippen molar-refractivity contribution < 1.29 is 8.42 Å². The van der Waals surface area contributed by atoms with Crippen LogP contribution in [0.4, 0.5) is 0 Å². The number of primary sulfonamides is 1. The Morgan fingerprint density at radius 1 is 1.29 bits per heavy atom. The van der Waals surface area contributed by atoms with Gasteiger partial charge in [0.25, 0.3) is 0 Å². The highest BCUT2D eigenvalue weighted by Gasteiger charge is 2.16. The molecule has 78 valence electrons. The van der Waals surface area contributed by atoms with E-state index >= 15 is 0 Å². The predicted molar refractivity (Wildman–Crippen MR) is 56.7 cm³/mol. The van der Waals surface area contributed by atoms with Crippen LogP contribution in [0.15, 0.2) is 17.0 Å². The maximum Gasteiger partial charge on any atom is 0.238 e. The van der Waals surface area contributed by atoms with E-state index in [9.17, 15) is 8.42 Å². The van der Waals surface area contributed by atoms with Crippen LogP contribution in [0.1, 0.15) is 23.6 Å². The first-order valence-electron chi connectivity index (χ1n) is 4.49. The number of hydrogen-bond acceptors (Lipinski definition) is 2. The molecule has 0 unspecified atom stereocenters. The smallest absolute Gasteiger partial charge is 0.225 e. The standard InChI is InChI=1S/C10H15NO2S/c1-4-9-6-5-7(2)10(8(9)3)14(11,12)13/h5-6H,4H2,1-3H3,(H2,11,12,13). The summed E-state index contributed by atoms with van der Waals surface area (Å²) in [5.74, 6) is 0. The van der Waals surface area contributed by atoms with Crippen molar-refractivity contribution in [2.24, 2.45) is 5.14 Å². The van der Waals surface area contributed by atoms with E-state index in [1.807, 2.05) is 13.0 Å². The minimum absolute atomic E-state index is 0.275. The summed E-state index contributed by atoms with van der Waals surface area (Å²) in [7, 11) is -3.60. The maximum absolute atomic E-state index is 11.3. The Morgan fingerprint density at radius 3 is 2.29 bits per heavy atom. The van der Waals surface area contributed by atoms with Gasteiger partial charge in [0.1, 0.15) is 0 Å². The highest BCUT2D eigenvalue weighted by molar-refractivity contribution is 7.89. The molecule has 1 aromatic carbocycles. The molecule has 0 amide bonds. The third kappa shape index (κ3) is 1.96. The lowest BCUT2D eigenvalue weighted by molar-refractivity contribution is 0.596. The van der Waals surface area contributed by atoms with Crippen LogP contribution in [-0.4, -0.2) is 8.42 Å². The average molecular weight is 213 g/mol. The average Bonchev–Trinajstić information content (AvgIpc) is 2.02. The van der Waals surface area contributed by atoms with Gasteiger partial charge in [-0.15, -0.1) is 0 Å². The molecular formula is C10H15NO2S. The molecule has 0 fully saturated rings. The fraction of sp³-hybridized carbons (Fsp3) is 0.400. The molecule has 1 aromatic rings.